The summed E-state index contributed by atoms with van der Waals surface area (Å²) in [5.74, 6) is -0.438. The molecule has 7 heteroatoms. The van der Waals surface area contributed by atoms with E-state index in [0.29, 0.717) is 11.1 Å². The van der Waals surface area contributed by atoms with Crippen molar-refractivity contribution in [2.45, 2.75) is 25.3 Å². The van der Waals surface area contributed by atoms with Crippen molar-refractivity contribution in [2.24, 2.45) is 5.73 Å². The molecule has 0 saturated heterocycles. The molecule has 0 aromatic heterocycles. The molecular formula is C17H22ClFN2O2S. The summed E-state index contributed by atoms with van der Waals surface area (Å²) in [5, 5.41) is 0. The van der Waals surface area contributed by atoms with Gasteiger partial charge < -0.3 is 5.73 Å². The van der Waals surface area contributed by atoms with Gasteiger partial charge in [0.2, 0.25) is 10.0 Å². The first kappa shape index (κ1) is 20.6. The first-order valence-corrected chi connectivity index (χ1v) is 8.81. The Hall–Kier alpha value is -1.47. The third-order valence-electron chi connectivity index (χ3n) is 3.60. The van der Waals surface area contributed by atoms with E-state index in [1.165, 1.54) is 16.4 Å². The van der Waals surface area contributed by atoms with Crippen LogP contribution in [0.25, 0.3) is 0 Å². The van der Waals surface area contributed by atoms with Crippen LogP contribution in [-0.2, 0) is 16.6 Å². The van der Waals surface area contributed by atoms with Crippen LogP contribution in [0.5, 0.6) is 0 Å². The number of halogens is 2. The van der Waals surface area contributed by atoms with Crippen LogP contribution in [-0.4, -0.2) is 25.8 Å². The van der Waals surface area contributed by atoms with Crippen LogP contribution in [0, 0.1) is 19.7 Å². The molecule has 0 bridgehead atoms. The number of hydrogen-bond acceptors (Lipinski definition) is 3. The first-order valence-electron chi connectivity index (χ1n) is 7.37. The molecular weight excluding hydrogens is 351 g/mol. The minimum absolute atomic E-state index is 0. The van der Waals surface area contributed by atoms with E-state index in [1.807, 2.05) is 30.3 Å². The number of hydrogen-bond donors (Lipinski definition) is 1. The highest BCUT2D eigenvalue weighted by Crippen LogP contribution is 2.26. The lowest BCUT2D eigenvalue weighted by Crippen LogP contribution is -2.35. The Bertz CT molecular complexity index is 759. The summed E-state index contributed by atoms with van der Waals surface area (Å²) < 4.78 is 40.9. The Balaban J connectivity index is 0.00000288. The zero-order valence-electron chi connectivity index (χ0n) is 13.7. The fourth-order valence-electron chi connectivity index (χ4n) is 2.65. The van der Waals surface area contributed by atoms with Crippen molar-refractivity contribution in [3.05, 3.63) is 65.0 Å². The standard InChI is InChI=1S/C17H21FN2O2S.ClH/c1-13-10-16(18)11-14(2)17(13)23(21,22)20(9-8-19)12-15-6-4-3-5-7-15;/h3-7,10-11H,8-9,12,19H2,1-2H3;1H. The van der Waals surface area contributed by atoms with E-state index in [-0.39, 0.29) is 36.9 Å². The molecule has 2 N–H and O–H groups in total. The molecule has 0 saturated carbocycles. The van der Waals surface area contributed by atoms with Gasteiger partial charge in [-0.2, -0.15) is 4.31 Å². The molecule has 0 heterocycles. The van der Waals surface area contributed by atoms with E-state index in [2.05, 4.69) is 0 Å². The second-order valence-electron chi connectivity index (χ2n) is 5.48. The van der Waals surface area contributed by atoms with Gasteiger partial charge in [0.15, 0.2) is 0 Å². The van der Waals surface area contributed by atoms with Gasteiger partial charge in [-0.15, -0.1) is 12.4 Å². The summed E-state index contributed by atoms with van der Waals surface area (Å²) in [6, 6.07) is 11.8. The van der Waals surface area contributed by atoms with Crippen molar-refractivity contribution in [3.63, 3.8) is 0 Å². The van der Waals surface area contributed by atoms with Crippen LogP contribution in [0.15, 0.2) is 47.4 Å². The van der Waals surface area contributed by atoms with Crippen molar-refractivity contribution in [2.75, 3.05) is 13.1 Å². The van der Waals surface area contributed by atoms with Gasteiger partial charge in [0.25, 0.3) is 0 Å². The number of nitrogens with zero attached hydrogens (tertiary/aromatic N) is 1. The predicted molar refractivity (Wildman–Crippen MR) is 96.2 cm³/mol. The highest BCUT2D eigenvalue weighted by Gasteiger charge is 2.27. The number of benzene rings is 2. The van der Waals surface area contributed by atoms with Crippen molar-refractivity contribution in [1.29, 1.82) is 0 Å². The number of sulfonamides is 1. The molecule has 24 heavy (non-hydrogen) atoms. The van der Waals surface area contributed by atoms with Crippen molar-refractivity contribution < 1.29 is 12.8 Å². The van der Waals surface area contributed by atoms with E-state index in [4.69, 9.17) is 5.73 Å². The molecule has 0 spiro atoms. The Morgan fingerprint density at radius 3 is 2.12 bits per heavy atom. The molecule has 0 aliphatic carbocycles. The normalized spacial score (nSPS) is 11.4. The van der Waals surface area contributed by atoms with Gasteiger partial charge in [-0.1, -0.05) is 30.3 Å². The average molecular weight is 373 g/mol. The second-order valence-corrected chi connectivity index (χ2v) is 7.36. The monoisotopic (exact) mass is 372 g/mol. The van der Waals surface area contributed by atoms with Gasteiger partial charge in [-0.3, -0.25) is 0 Å². The van der Waals surface area contributed by atoms with Crippen LogP contribution < -0.4 is 5.73 Å². The summed E-state index contributed by atoms with van der Waals surface area (Å²) in [4.78, 5) is 0.156. The fourth-order valence-corrected chi connectivity index (χ4v) is 4.50. The minimum atomic E-state index is -3.75. The lowest BCUT2D eigenvalue weighted by Gasteiger charge is -2.24. The predicted octanol–water partition coefficient (Wildman–Crippen LogP) is 3.01. The van der Waals surface area contributed by atoms with Gasteiger partial charge >= 0.3 is 0 Å². The van der Waals surface area contributed by atoms with E-state index in [1.54, 1.807) is 13.8 Å². The zero-order valence-corrected chi connectivity index (χ0v) is 15.3. The van der Waals surface area contributed by atoms with Crippen LogP contribution >= 0.6 is 12.4 Å². The highest BCUT2D eigenvalue weighted by molar-refractivity contribution is 7.89. The number of nitrogens with two attached hydrogens (primary N) is 1. The Morgan fingerprint density at radius 2 is 1.62 bits per heavy atom. The summed E-state index contributed by atoms with van der Waals surface area (Å²) in [6.45, 7) is 3.85. The summed E-state index contributed by atoms with van der Waals surface area (Å²) in [5.41, 5.74) is 7.27. The van der Waals surface area contributed by atoms with E-state index in [9.17, 15) is 12.8 Å². The SMILES string of the molecule is Cc1cc(F)cc(C)c1S(=O)(=O)N(CCN)Cc1ccccc1.Cl. The van der Waals surface area contributed by atoms with E-state index in [0.717, 1.165) is 5.56 Å². The lowest BCUT2D eigenvalue weighted by atomic mass is 10.1. The molecule has 132 valence electrons. The van der Waals surface area contributed by atoms with Gasteiger partial charge in [0, 0.05) is 19.6 Å². The third kappa shape index (κ3) is 4.54. The van der Waals surface area contributed by atoms with E-state index >= 15 is 0 Å². The van der Waals surface area contributed by atoms with Gasteiger partial charge in [0.1, 0.15) is 5.82 Å². The first-order chi connectivity index (χ1) is 10.9. The van der Waals surface area contributed by atoms with Crippen molar-refractivity contribution in [3.8, 4) is 0 Å². The molecule has 0 fully saturated rings. The smallest absolute Gasteiger partial charge is 0.243 e. The highest BCUT2D eigenvalue weighted by atomic mass is 35.5. The number of aryl methyl sites for hydroxylation is 2. The molecule has 2 aromatic rings. The quantitative estimate of drug-likeness (QED) is 0.847. The summed E-state index contributed by atoms with van der Waals surface area (Å²) in [7, 11) is -3.75. The Kier molecular flexibility index (Phi) is 7.35. The van der Waals surface area contributed by atoms with Gasteiger partial charge in [-0.25, -0.2) is 12.8 Å². The maximum atomic E-state index is 13.5. The van der Waals surface area contributed by atoms with Gasteiger partial charge in [-0.05, 0) is 42.7 Å². The third-order valence-corrected chi connectivity index (χ3v) is 5.75. The summed E-state index contributed by atoms with van der Waals surface area (Å²) in [6.07, 6.45) is 0. The molecule has 0 amide bonds. The fraction of sp³-hybridized carbons (Fsp3) is 0.294. The van der Waals surface area contributed by atoms with Crippen LogP contribution in [0.3, 0.4) is 0 Å². The average Bonchev–Trinajstić information content (AvgIpc) is 2.46. The van der Waals surface area contributed by atoms with Crippen molar-refractivity contribution >= 4 is 22.4 Å². The topological polar surface area (TPSA) is 63.4 Å². The van der Waals surface area contributed by atoms with Crippen molar-refractivity contribution in [1.82, 2.24) is 4.31 Å². The molecule has 4 nitrogen and oxygen atoms in total. The molecule has 2 rings (SSSR count). The largest absolute Gasteiger partial charge is 0.329 e. The minimum Gasteiger partial charge on any atom is -0.329 e. The van der Waals surface area contributed by atoms with Crippen LogP contribution in [0.1, 0.15) is 16.7 Å². The second kappa shape index (κ2) is 8.58. The lowest BCUT2D eigenvalue weighted by molar-refractivity contribution is 0.413. The maximum Gasteiger partial charge on any atom is 0.243 e. The summed E-state index contributed by atoms with van der Waals surface area (Å²) >= 11 is 0. The molecule has 2 aromatic carbocycles. The Labute approximate surface area is 148 Å². The molecule has 0 aliphatic heterocycles. The van der Waals surface area contributed by atoms with Crippen LogP contribution in [0.4, 0.5) is 4.39 Å². The Morgan fingerprint density at radius 1 is 1.08 bits per heavy atom. The maximum absolute atomic E-state index is 13.5. The molecule has 0 radical (unpaired) electrons. The molecule has 0 unspecified atom stereocenters. The number of rotatable bonds is 6. The van der Waals surface area contributed by atoms with E-state index < -0.39 is 15.8 Å². The van der Waals surface area contributed by atoms with Crippen LogP contribution in [0.2, 0.25) is 0 Å². The molecule has 0 atom stereocenters. The zero-order chi connectivity index (χ0) is 17.0. The van der Waals surface area contributed by atoms with Gasteiger partial charge in [0.05, 0.1) is 4.90 Å². The molecule has 0 aliphatic rings.